The molecule has 6 nitrogen and oxygen atoms in total. The van der Waals surface area contributed by atoms with Crippen LogP contribution in [-0.4, -0.2) is 16.9 Å². The zero-order chi connectivity index (χ0) is 19.9. The Morgan fingerprint density at radius 2 is 1.57 bits per heavy atom. The molecule has 3 aromatic rings. The molecule has 0 radical (unpaired) electrons. The highest BCUT2D eigenvalue weighted by molar-refractivity contribution is 7.13. The van der Waals surface area contributed by atoms with Crippen LogP contribution in [-0.2, 0) is 11.2 Å². The van der Waals surface area contributed by atoms with Crippen molar-refractivity contribution in [2.24, 2.45) is 0 Å². The van der Waals surface area contributed by atoms with Crippen molar-refractivity contribution in [2.75, 3.05) is 16.0 Å². The van der Waals surface area contributed by atoms with Gasteiger partial charge in [-0.3, -0.25) is 10.1 Å². The number of nitrogens with one attached hydrogen (secondary N) is 3. The van der Waals surface area contributed by atoms with Gasteiger partial charge < -0.3 is 10.6 Å². The van der Waals surface area contributed by atoms with Gasteiger partial charge >= 0.3 is 6.03 Å². The number of hydrogen-bond acceptors (Lipinski definition) is 4. The smallest absolute Gasteiger partial charge is 0.325 e. The summed E-state index contributed by atoms with van der Waals surface area (Å²) in [6.07, 6.45) is 0.727. The molecule has 3 amide bonds. The molecule has 0 fully saturated rings. The minimum absolute atomic E-state index is 0.136. The van der Waals surface area contributed by atoms with E-state index in [1.807, 2.05) is 5.38 Å². The average molecular weight is 435 g/mol. The van der Waals surface area contributed by atoms with Gasteiger partial charge in [-0.25, -0.2) is 9.78 Å². The lowest BCUT2D eigenvalue weighted by molar-refractivity contribution is -0.116. The van der Waals surface area contributed by atoms with Crippen LogP contribution in [0.25, 0.3) is 0 Å². The number of rotatable bonds is 6. The van der Waals surface area contributed by atoms with E-state index in [1.165, 1.54) is 11.3 Å². The number of amides is 3. The molecule has 0 bridgehead atoms. The lowest BCUT2D eigenvalue weighted by atomic mass is 10.2. The maximum Gasteiger partial charge on any atom is 0.325 e. The number of carbonyl (C=O) groups is 2. The van der Waals surface area contributed by atoms with Crippen LogP contribution in [0.1, 0.15) is 12.1 Å². The molecule has 0 saturated carbocycles. The van der Waals surface area contributed by atoms with E-state index in [9.17, 15) is 9.59 Å². The van der Waals surface area contributed by atoms with Gasteiger partial charge in [0.1, 0.15) is 0 Å². The molecule has 0 atom stereocenters. The summed E-state index contributed by atoms with van der Waals surface area (Å²) in [6.45, 7) is 0. The quantitative estimate of drug-likeness (QED) is 0.467. The van der Waals surface area contributed by atoms with E-state index in [1.54, 1.807) is 48.5 Å². The Balaban J connectivity index is 1.47. The summed E-state index contributed by atoms with van der Waals surface area (Å²) in [5, 5.41) is 11.5. The molecule has 0 aliphatic rings. The summed E-state index contributed by atoms with van der Waals surface area (Å²) >= 11 is 13.1. The van der Waals surface area contributed by atoms with E-state index in [0.717, 1.165) is 5.69 Å². The Morgan fingerprint density at radius 1 is 0.929 bits per heavy atom. The minimum atomic E-state index is -0.415. The van der Waals surface area contributed by atoms with Crippen molar-refractivity contribution < 1.29 is 9.59 Å². The normalized spacial score (nSPS) is 10.4. The molecule has 0 spiro atoms. The second-order valence-corrected chi connectivity index (χ2v) is 7.52. The van der Waals surface area contributed by atoms with Crippen LogP contribution < -0.4 is 16.0 Å². The van der Waals surface area contributed by atoms with Gasteiger partial charge in [-0.1, -0.05) is 35.3 Å². The van der Waals surface area contributed by atoms with Crippen molar-refractivity contribution in [1.29, 1.82) is 0 Å². The molecule has 1 heterocycles. The fourth-order valence-corrected chi connectivity index (χ4v) is 3.46. The number of benzene rings is 2. The van der Waals surface area contributed by atoms with Gasteiger partial charge in [-0.2, -0.15) is 0 Å². The first-order valence-electron chi connectivity index (χ1n) is 8.31. The second kappa shape index (κ2) is 9.54. The molecule has 0 unspecified atom stereocenters. The van der Waals surface area contributed by atoms with Crippen LogP contribution in [0.2, 0.25) is 10.0 Å². The zero-order valence-electron chi connectivity index (χ0n) is 14.5. The predicted octanol–water partition coefficient (Wildman–Crippen LogP) is 5.67. The highest BCUT2D eigenvalue weighted by Gasteiger charge is 2.09. The molecule has 3 N–H and O–H groups in total. The Labute approximate surface area is 175 Å². The Kier molecular flexibility index (Phi) is 6.86. The van der Waals surface area contributed by atoms with Gasteiger partial charge in [0.2, 0.25) is 5.91 Å². The fourth-order valence-electron chi connectivity index (χ4n) is 2.34. The van der Waals surface area contributed by atoms with E-state index in [2.05, 4.69) is 20.9 Å². The number of anilines is 3. The molecule has 1 aromatic heterocycles. The second-order valence-electron chi connectivity index (χ2n) is 5.79. The van der Waals surface area contributed by atoms with E-state index in [4.69, 9.17) is 23.2 Å². The Hall–Kier alpha value is -2.61. The van der Waals surface area contributed by atoms with Gasteiger partial charge in [-0.15, -0.1) is 11.3 Å². The van der Waals surface area contributed by atoms with Crippen molar-refractivity contribution in [3.8, 4) is 0 Å². The maximum atomic E-state index is 12.0. The van der Waals surface area contributed by atoms with Crippen molar-refractivity contribution in [2.45, 2.75) is 12.8 Å². The molecule has 28 heavy (non-hydrogen) atoms. The standard InChI is InChI=1S/C19H16Cl2N4O2S/c20-12-3-1-5-14(9-12)22-17(26)8-7-16-11-28-19(24-16)25-18(27)23-15-6-2-4-13(21)10-15/h1-6,9-11H,7-8H2,(H,22,26)(H2,23,24,25,27). The number of urea groups is 1. The molecular weight excluding hydrogens is 419 g/mol. The van der Waals surface area contributed by atoms with E-state index < -0.39 is 6.03 Å². The molecule has 9 heteroatoms. The third kappa shape index (κ3) is 6.23. The van der Waals surface area contributed by atoms with E-state index >= 15 is 0 Å². The number of nitrogens with zero attached hydrogens (tertiary/aromatic N) is 1. The van der Waals surface area contributed by atoms with Crippen molar-refractivity contribution >= 4 is 63.0 Å². The van der Waals surface area contributed by atoms with Crippen LogP contribution in [0, 0.1) is 0 Å². The fraction of sp³-hybridized carbons (Fsp3) is 0.105. The summed E-state index contributed by atoms with van der Waals surface area (Å²) in [7, 11) is 0. The molecule has 144 valence electrons. The van der Waals surface area contributed by atoms with Gasteiger partial charge in [0.05, 0.1) is 5.69 Å². The number of aryl methyl sites for hydroxylation is 1. The summed E-state index contributed by atoms with van der Waals surface area (Å²) in [5.41, 5.74) is 1.96. The summed E-state index contributed by atoms with van der Waals surface area (Å²) in [6, 6.07) is 13.4. The van der Waals surface area contributed by atoms with Crippen molar-refractivity contribution in [1.82, 2.24) is 4.98 Å². The minimum Gasteiger partial charge on any atom is -0.326 e. The first-order valence-corrected chi connectivity index (χ1v) is 9.95. The number of thiazole rings is 1. The Morgan fingerprint density at radius 3 is 2.21 bits per heavy atom. The first-order chi connectivity index (χ1) is 13.5. The third-order valence-electron chi connectivity index (χ3n) is 3.57. The van der Waals surface area contributed by atoms with E-state index in [0.29, 0.717) is 33.0 Å². The summed E-state index contributed by atoms with van der Waals surface area (Å²) in [4.78, 5) is 28.4. The molecule has 2 aromatic carbocycles. The maximum absolute atomic E-state index is 12.0. The molecule has 3 rings (SSSR count). The number of carbonyl (C=O) groups excluding carboxylic acids is 2. The molecule has 0 aliphatic carbocycles. The lowest BCUT2D eigenvalue weighted by Crippen LogP contribution is -2.19. The third-order valence-corrected chi connectivity index (χ3v) is 4.85. The van der Waals surface area contributed by atoms with Crippen LogP contribution in [0.15, 0.2) is 53.9 Å². The van der Waals surface area contributed by atoms with Crippen molar-refractivity contribution in [3.05, 3.63) is 69.7 Å². The predicted molar refractivity (Wildman–Crippen MR) is 115 cm³/mol. The van der Waals surface area contributed by atoms with E-state index in [-0.39, 0.29) is 12.3 Å². The monoisotopic (exact) mass is 434 g/mol. The largest absolute Gasteiger partial charge is 0.326 e. The first kappa shape index (κ1) is 20.1. The van der Waals surface area contributed by atoms with Gasteiger partial charge in [0, 0.05) is 33.2 Å². The van der Waals surface area contributed by atoms with Crippen LogP contribution in [0.3, 0.4) is 0 Å². The SMILES string of the molecule is O=C(CCc1csc(NC(=O)Nc2cccc(Cl)c2)n1)Nc1cccc(Cl)c1. The highest BCUT2D eigenvalue weighted by atomic mass is 35.5. The lowest BCUT2D eigenvalue weighted by Gasteiger charge is -2.05. The summed E-state index contributed by atoms with van der Waals surface area (Å²) < 4.78 is 0. The topological polar surface area (TPSA) is 83.1 Å². The average Bonchev–Trinajstić information content (AvgIpc) is 3.07. The summed E-state index contributed by atoms with van der Waals surface area (Å²) in [5.74, 6) is -0.136. The number of halogens is 2. The highest BCUT2D eigenvalue weighted by Crippen LogP contribution is 2.19. The van der Waals surface area contributed by atoms with Crippen LogP contribution >= 0.6 is 34.5 Å². The molecule has 0 saturated heterocycles. The zero-order valence-corrected chi connectivity index (χ0v) is 16.9. The van der Waals surface area contributed by atoms with Crippen molar-refractivity contribution in [3.63, 3.8) is 0 Å². The van der Waals surface area contributed by atoms with Crippen LogP contribution in [0.5, 0.6) is 0 Å². The molecule has 0 aliphatic heterocycles. The number of hydrogen-bond donors (Lipinski definition) is 3. The van der Waals surface area contributed by atoms with Crippen LogP contribution in [0.4, 0.5) is 21.3 Å². The molecular formula is C19H16Cl2N4O2S. The Bertz CT molecular complexity index is 993. The number of aromatic nitrogens is 1. The van der Waals surface area contributed by atoms with Gasteiger partial charge in [-0.05, 0) is 42.8 Å². The van der Waals surface area contributed by atoms with Gasteiger partial charge in [0.15, 0.2) is 5.13 Å². The van der Waals surface area contributed by atoms with Gasteiger partial charge in [0.25, 0.3) is 0 Å².